The number of aromatic nitrogens is 1. The Balaban J connectivity index is 2.19. The van der Waals surface area contributed by atoms with E-state index in [1.165, 1.54) is 0 Å². The topological polar surface area (TPSA) is 42.1 Å². The number of allylic oxidation sites excluding steroid dienone is 1. The maximum absolute atomic E-state index is 5.97. The van der Waals surface area contributed by atoms with Crippen LogP contribution in [0.5, 0.6) is 0 Å². The highest BCUT2D eigenvalue weighted by atomic mass is 15.2. The number of piperidine rings is 1. The molecule has 2 rings (SSSR count). The van der Waals surface area contributed by atoms with Crippen LogP contribution < -0.4 is 10.6 Å². The Morgan fingerprint density at radius 3 is 3.06 bits per heavy atom. The highest BCUT2D eigenvalue weighted by Gasteiger charge is 2.17. The van der Waals surface area contributed by atoms with E-state index in [1.54, 1.807) is 0 Å². The summed E-state index contributed by atoms with van der Waals surface area (Å²) >= 11 is 0. The summed E-state index contributed by atoms with van der Waals surface area (Å²) in [6, 6.07) is 6.36. The van der Waals surface area contributed by atoms with Crippen molar-refractivity contribution in [1.82, 2.24) is 4.98 Å². The van der Waals surface area contributed by atoms with E-state index in [0.29, 0.717) is 0 Å². The largest absolute Gasteiger partial charge is 0.355 e. The lowest BCUT2D eigenvalue weighted by molar-refractivity contribution is 0.503. The summed E-state index contributed by atoms with van der Waals surface area (Å²) in [6.45, 7) is 7.87. The van der Waals surface area contributed by atoms with Crippen molar-refractivity contribution in [3.8, 4) is 0 Å². The van der Waals surface area contributed by atoms with Crippen LogP contribution in [0.2, 0.25) is 0 Å². The summed E-state index contributed by atoms with van der Waals surface area (Å²) in [5.41, 5.74) is 7.95. The lowest BCUT2D eigenvalue weighted by atomic mass is 10.1. The SMILES string of the molecule is C=C(C)c1cccc(N2CCCC(N)C2)n1. The average molecular weight is 217 g/mol. The first-order chi connectivity index (χ1) is 7.66. The molecule has 0 saturated carbocycles. The molecule has 1 aromatic rings. The lowest BCUT2D eigenvalue weighted by Crippen LogP contribution is -2.43. The van der Waals surface area contributed by atoms with Gasteiger partial charge in [0.1, 0.15) is 5.82 Å². The van der Waals surface area contributed by atoms with Crippen LogP contribution in [0, 0.1) is 0 Å². The number of nitrogens with two attached hydrogens (primary N) is 1. The van der Waals surface area contributed by atoms with Crippen LogP contribution in [0.4, 0.5) is 5.82 Å². The van der Waals surface area contributed by atoms with Gasteiger partial charge in [-0.05, 0) is 37.5 Å². The van der Waals surface area contributed by atoms with Gasteiger partial charge in [-0.3, -0.25) is 0 Å². The zero-order valence-electron chi connectivity index (χ0n) is 9.82. The van der Waals surface area contributed by atoms with E-state index < -0.39 is 0 Å². The fourth-order valence-corrected chi connectivity index (χ4v) is 2.06. The molecule has 1 aliphatic rings. The van der Waals surface area contributed by atoms with Crippen LogP contribution in [-0.4, -0.2) is 24.1 Å². The van der Waals surface area contributed by atoms with Crippen LogP contribution in [-0.2, 0) is 0 Å². The Kier molecular flexibility index (Phi) is 3.25. The fourth-order valence-electron chi connectivity index (χ4n) is 2.06. The number of nitrogens with zero attached hydrogens (tertiary/aromatic N) is 2. The van der Waals surface area contributed by atoms with Gasteiger partial charge in [0.25, 0.3) is 0 Å². The van der Waals surface area contributed by atoms with Crippen molar-refractivity contribution < 1.29 is 0 Å². The van der Waals surface area contributed by atoms with Crippen molar-refractivity contribution >= 4 is 11.4 Å². The highest BCUT2D eigenvalue weighted by molar-refractivity contribution is 5.59. The predicted molar refractivity (Wildman–Crippen MR) is 68.4 cm³/mol. The van der Waals surface area contributed by atoms with E-state index in [1.807, 2.05) is 25.1 Å². The minimum Gasteiger partial charge on any atom is -0.355 e. The Bertz CT molecular complexity index is 387. The summed E-state index contributed by atoms with van der Waals surface area (Å²) in [4.78, 5) is 6.87. The molecule has 86 valence electrons. The van der Waals surface area contributed by atoms with Crippen LogP contribution in [0.1, 0.15) is 25.5 Å². The Labute approximate surface area is 97.0 Å². The van der Waals surface area contributed by atoms with Crippen molar-refractivity contribution in [3.05, 3.63) is 30.5 Å². The van der Waals surface area contributed by atoms with Gasteiger partial charge in [0.15, 0.2) is 0 Å². The van der Waals surface area contributed by atoms with Gasteiger partial charge in [0.05, 0.1) is 5.69 Å². The van der Waals surface area contributed by atoms with Gasteiger partial charge in [-0.1, -0.05) is 12.6 Å². The normalized spacial score (nSPS) is 20.9. The number of pyridine rings is 1. The van der Waals surface area contributed by atoms with E-state index in [9.17, 15) is 0 Å². The monoisotopic (exact) mass is 217 g/mol. The second-order valence-electron chi connectivity index (χ2n) is 4.51. The number of anilines is 1. The Morgan fingerprint density at radius 1 is 1.56 bits per heavy atom. The van der Waals surface area contributed by atoms with Gasteiger partial charge in [0, 0.05) is 19.1 Å². The molecule has 1 fully saturated rings. The van der Waals surface area contributed by atoms with E-state index in [4.69, 9.17) is 5.73 Å². The molecule has 1 unspecified atom stereocenters. The van der Waals surface area contributed by atoms with E-state index in [-0.39, 0.29) is 6.04 Å². The zero-order chi connectivity index (χ0) is 11.5. The van der Waals surface area contributed by atoms with Crippen molar-refractivity contribution in [2.24, 2.45) is 5.73 Å². The standard InChI is InChI=1S/C13H19N3/c1-10(2)12-6-3-7-13(15-12)16-8-4-5-11(14)9-16/h3,6-7,11H,1,4-5,8-9,14H2,2H3. The van der Waals surface area contributed by atoms with Crippen LogP contribution in [0.3, 0.4) is 0 Å². The zero-order valence-corrected chi connectivity index (χ0v) is 9.82. The summed E-state index contributed by atoms with van der Waals surface area (Å²) in [5, 5.41) is 0. The molecular weight excluding hydrogens is 198 g/mol. The molecule has 2 heterocycles. The minimum absolute atomic E-state index is 0.282. The quantitative estimate of drug-likeness (QED) is 0.824. The van der Waals surface area contributed by atoms with Gasteiger partial charge in [-0.25, -0.2) is 4.98 Å². The molecule has 1 atom stereocenters. The van der Waals surface area contributed by atoms with Gasteiger partial charge >= 0.3 is 0 Å². The molecule has 0 aliphatic carbocycles. The third-order valence-electron chi connectivity index (χ3n) is 2.95. The molecule has 16 heavy (non-hydrogen) atoms. The van der Waals surface area contributed by atoms with Gasteiger partial charge in [-0.15, -0.1) is 0 Å². The van der Waals surface area contributed by atoms with Crippen molar-refractivity contribution in [2.45, 2.75) is 25.8 Å². The second-order valence-corrected chi connectivity index (χ2v) is 4.51. The maximum atomic E-state index is 5.97. The second kappa shape index (κ2) is 4.66. The number of hydrogen-bond donors (Lipinski definition) is 1. The maximum Gasteiger partial charge on any atom is 0.129 e. The average Bonchev–Trinajstić information content (AvgIpc) is 2.29. The molecule has 3 heteroatoms. The molecule has 0 amide bonds. The summed E-state index contributed by atoms with van der Waals surface area (Å²) in [6.07, 6.45) is 2.27. The molecule has 3 nitrogen and oxygen atoms in total. The number of hydrogen-bond acceptors (Lipinski definition) is 3. The highest BCUT2D eigenvalue weighted by Crippen LogP contribution is 2.19. The minimum atomic E-state index is 0.282. The summed E-state index contributed by atoms with van der Waals surface area (Å²) < 4.78 is 0. The van der Waals surface area contributed by atoms with Crippen molar-refractivity contribution in [3.63, 3.8) is 0 Å². The molecule has 0 radical (unpaired) electrons. The van der Waals surface area contributed by atoms with Crippen LogP contribution in [0.15, 0.2) is 24.8 Å². The van der Waals surface area contributed by atoms with Crippen LogP contribution in [0.25, 0.3) is 5.57 Å². The molecular formula is C13H19N3. The molecule has 1 aromatic heterocycles. The fraction of sp³-hybridized carbons (Fsp3) is 0.462. The Hall–Kier alpha value is -1.35. The molecule has 0 bridgehead atoms. The molecule has 0 spiro atoms. The smallest absolute Gasteiger partial charge is 0.129 e. The van der Waals surface area contributed by atoms with Crippen molar-refractivity contribution in [1.29, 1.82) is 0 Å². The van der Waals surface area contributed by atoms with E-state index in [2.05, 4.69) is 16.5 Å². The Morgan fingerprint density at radius 2 is 2.38 bits per heavy atom. The summed E-state index contributed by atoms with van der Waals surface area (Å²) in [5.74, 6) is 1.02. The molecule has 1 saturated heterocycles. The molecule has 0 aromatic carbocycles. The van der Waals surface area contributed by atoms with Gasteiger partial charge in [-0.2, -0.15) is 0 Å². The first-order valence-electron chi connectivity index (χ1n) is 5.80. The third kappa shape index (κ3) is 2.42. The first kappa shape index (κ1) is 11.1. The van der Waals surface area contributed by atoms with Gasteiger partial charge in [0.2, 0.25) is 0 Å². The third-order valence-corrected chi connectivity index (χ3v) is 2.95. The summed E-state index contributed by atoms with van der Waals surface area (Å²) in [7, 11) is 0. The van der Waals surface area contributed by atoms with E-state index >= 15 is 0 Å². The first-order valence-corrected chi connectivity index (χ1v) is 5.80. The van der Waals surface area contributed by atoms with Gasteiger partial charge < -0.3 is 10.6 Å². The predicted octanol–water partition coefficient (Wildman–Crippen LogP) is 2.04. The van der Waals surface area contributed by atoms with E-state index in [0.717, 1.165) is 43.0 Å². The van der Waals surface area contributed by atoms with Crippen LogP contribution >= 0.6 is 0 Å². The van der Waals surface area contributed by atoms with Crippen molar-refractivity contribution in [2.75, 3.05) is 18.0 Å². The lowest BCUT2D eigenvalue weighted by Gasteiger charge is -2.31. The number of rotatable bonds is 2. The molecule has 2 N–H and O–H groups in total. The molecule has 1 aliphatic heterocycles.